The molecule has 0 saturated carbocycles. The van der Waals surface area contributed by atoms with Crippen molar-refractivity contribution in [3.8, 4) is 0 Å². The third-order valence-electron chi connectivity index (χ3n) is 0. The number of rotatable bonds is 0. The predicted molar refractivity (Wildman–Crippen MR) is 21.4 cm³/mol. The van der Waals surface area contributed by atoms with E-state index >= 15 is 0 Å². The van der Waals surface area contributed by atoms with Gasteiger partial charge in [0.25, 0.3) is 0 Å². The Kier molecular flexibility index (Phi) is 167. The van der Waals surface area contributed by atoms with E-state index in [0.717, 1.165) is 0 Å². The molecule has 0 fully saturated rings. The molecule has 0 spiro atoms. The topological polar surface area (TPSA) is 0 Å². The van der Waals surface area contributed by atoms with Crippen LogP contribution in [0.2, 0.25) is 0 Å². The molecule has 0 heterocycles. The van der Waals surface area contributed by atoms with E-state index in [1.54, 1.807) is 0 Å². The summed E-state index contributed by atoms with van der Waals surface area (Å²) >= 11 is 0. The average Bonchev–Trinajstić information content (AvgIpc) is 0. The molecule has 5 heteroatoms. The fourth-order valence-electron chi connectivity index (χ4n) is 0. The van der Waals surface area contributed by atoms with Crippen LogP contribution in [-0.2, 0) is 39.0 Å². The van der Waals surface area contributed by atoms with Crippen LogP contribution in [-0.4, -0.2) is 88.7 Å². The Morgan fingerprint density at radius 2 is 0.400 bits per heavy atom. The summed E-state index contributed by atoms with van der Waals surface area (Å²) in [6.07, 6.45) is 0. The number of hydrogen-bond donors (Lipinski definition) is 0. The van der Waals surface area contributed by atoms with Gasteiger partial charge in [-0.25, -0.2) is 0 Å². The average molecular weight is 203 g/mol. The molecule has 10 valence electrons. The molecule has 0 unspecified atom stereocenters. The third kappa shape index (κ3) is 17.8. The van der Waals surface area contributed by atoms with Crippen LogP contribution in [0.25, 0.3) is 0 Å². The summed E-state index contributed by atoms with van der Waals surface area (Å²) in [6, 6.07) is 0. The van der Waals surface area contributed by atoms with Crippen LogP contribution >= 0.6 is 0 Å². The molecule has 0 aliphatic rings. The second-order valence-corrected chi connectivity index (χ2v) is 0. The summed E-state index contributed by atoms with van der Waals surface area (Å²) in [5.74, 6) is 0. The van der Waals surface area contributed by atoms with Gasteiger partial charge in [0.2, 0.25) is 0 Å². The summed E-state index contributed by atoms with van der Waals surface area (Å²) in [4.78, 5) is 0. The second-order valence-electron chi connectivity index (χ2n) is 0. The van der Waals surface area contributed by atoms with Gasteiger partial charge in [-0.1, -0.05) is 0 Å². The Balaban J connectivity index is 0. The summed E-state index contributed by atoms with van der Waals surface area (Å²) < 4.78 is 0. The fraction of sp³-hybridized carbons (Fsp3) is 0. The normalized spacial score (nSPS) is 0. The van der Waals surface area contributed by atoms with E-state index in [1.165, 1.54) is 0 Å². The Hall–Kier alpha value is 4.25. The quantitative estimate of drug-likeness (QED) is 0.401. The zero-order valence-electron chi connectivity index (χ0n) is 1.41. The molecule has 0 nitrogen and oxygen atoms in total. The van der Waals surface area contributed by atoms with Crippen LogP contribution < -0.4 is 0 Å². The Labute approximate surface area is 124 Å². The summed E-state index contributed by atoms with van der Waals surface area (Å²) in [6.45, 7) is 0. The molecule has 0 rings (SSSR count). The summed E-state index contributed by atoms with van der Waals surface area (Å²) in [7, 11) is 0. The van der Waals surface area contributed by atoms with Crippen molar-refractivity contribution < 1.29 is 39.0 Å². The first-order valence-electron chi connectivity index (χ1n) is 0. The first kappa shape index (κ1) is 34.9. The Morgan fingerprint density at radius 3 is 0.400 bits per heavy atom. The van der Waals surface area contributed by atoms with Crippen LogP contribution in [0, 0.1) is 0 Å². The Bertz CT molecular complexity index is 4.85. The van der Waals surface area contributed by atoms with Gasteiger partial charge < -0.3 is 0 Å². The van der Waals surface area contributed by atoms with Crippen LogP contribution in [0.4, 0.5) is 0 Å². The molecule has 0 atom stereocenters. The fourth-order valence-corrected chi connectivity index (χ4v) is 0. The zero-order chi connectivity index (χ0) is 0. The van der Waals surface area contributed by atoms with Crippen molar-refractivity contribution in [1.82, 2.24) is 0 Å². The molecule has 5 heavy (non-hydrogen) atoms. The van der Waals surface area contributed by atoms with E-state index in [4.69, 9.17) is 0 Å². The van der Waals surface area contributed by atoms with E-state index in [0.29, 0.717) is 0 Å². The Morgan fingerprint density at radius 1 is 0.400 bits per heavy atom. The predicted octanol–water partition coefficient (Wildman–Crippen LogP) is -1.95. The van der Waals surface area contributed by atoms with E-state index in [1.807, 2.05) is 0 Å². The van der Waals surface area contributed by atoms with Crippen molar-refractivity contribution in [2.24, 2.45) is 0 Å². The van der Waals surface area contributed by atoms with Gasteiger partial charge in [-0.15, -0.1) is 0 Å². The maximum atomic E-state index is 0. The molecule has 0 aliphatic heterocycles. The molecule has 0 aliphatic carbocycles. The first-order chi connectivity index (χ1) is 0. The molecule has 0 aromatic carbocycles. The van der Waals surface area contributed by atoms with Crippen molar-refractivity contribution in [2.75, 3.05) is 0 Å². The van der Waals surface area contributed by atoms with Crippen molar-refractivity contribution in [3.05, 3.63) is 0 Å². The molecular formula is H3Na3Zn2. The van der Waals surface area contributed by atoms with Gasteiger partial charge in [-0.3, -0.25) is 0 Å². The van der Waals surface area contributed by atoms with Gasteiger partial charge in [0, 0.05) is 39.0 Å². The smallest absolute Gasteiger partial charge is 0 e. The standard InChI is InChI=1S/3Na.2Zn.3H. The number of hydrogen-bond acceptors (Lipinski definition) is 0. The maximum absolute atomic E-state index is 0. The van der Waals surface area contributed by atoms with E-state index in [9.17, 15) is 0 Å². The van der Waals surface area contributed by atoms with Crippen LogP contribution in [0.3, 0.4) is 0 Å². The van der Waals surface area contributed by atoms with Gasteiger partial charge in [0.05, 0.1) is 0 Å². The largest absolute Gasteiger partial charge is 0 e. The molecule has 0 aromatic heterocycles. The van der Waals surface area contributed by atoms with E-state index in [2.05, 4.69) is 0 Å². The molecule has 0 bridgehead atoms. The SMILES string of the molecule is [NaH].[NaH].[NaH].[Zn].[Zn]. The first-order valence-corrected chi connectivity index (χ1v) is 0. The van der Waals surface area contributed by atoms with Crippen LogP contribution in [0.5, 0.6) is 0 Å². The second kappa shape index (κ2) is 24.0. The minimum absolute atomic E-state index is 0. The van der Waals surface area contributed by atoms with Crippen molar-refractivity contribution in [3.63, 3.8) is 0 Å². The maximum Gasteiger partial charge on any atom is 0 e. The zero-order valence-corrected chi connectivity index (χ0v) is 7.35. The van der Waals surface area contributed by atoms with Gasteiger partial charge in [0.15, 0.2) is 0 Å². The van der Waals surface area contributed by atoms with Crippen molar-refractivity contribution in [1.29, 1.82) is 0 Å². The minimum Gasteiger partial charge on any atom is 0 e. The van der Waals surface area contributed by atoms with Gasteiger partial charge >= 0.3 is 88.7 Å². The van der Waals surface area contributed by atoms with Crippen LogP contribution in [0.1, 0.15) is 0 Å². The van der Waals surface area contributed by atoms with Gasteiger partial charge in [0.1, 0.15) is 0 Å². The van der Waals surface area contributed by atoms with Gasteiger partial charge in [-0.05, 0) is 0 Å². The van der Waals surface area contributed by atoms with E-state index < -0.39 is 0 Å². The van der Waals surface area contributed by atoms with Crippen molar-refractivity contribution in [2.45, 2.75) is 0 Å². The van der Waals surface area contributed by atoms with E-state index in [-0.39, 0.29) is 128 Å². The monoisotopic (exact) mass is 200 g/mol. The molecule has 0 radical (unpaired) electrons. The van der Waals surface area contributed by atoms with Gasteiger partial charge in [-0.2, -0.15) is 0 Å². The minimum atomic E-state index is 0. The molecule has 0 N–H and O–H groups in total. The molecular weight excluding hydrogens is 200 g/mol. The summed E-state index contributed by atoms with van der Waals surface area (Å²) in [5.41, 5.74) is 0. The molecule has 0 aromatic rings. The molecule has 0 amide bonds. The van der Waals surface area contributed by atoms with Crippen LogP contribution in [0.15, 0.2) is 0 Å². The summed E-state index contributed by atoms with van der Waals surface area (Å²) in [5, 5.41) is 0. The third-order valence-corrected chi connectivity index (χ3v) is 0. The van der Waals surface area contributed by atoms with Crippen molar-refractivity contribution >= 4 is 88.7 Å². The molecule has 0 saturated heterocycles.